The van der Waals surface area contributed by atoms with Gasteiger partial charge in [-0.1, -0.05) is 13.0 Å². The van der Waals surface area contributed by atoms with Crippen molar-refractivity contribution in [2.45, 2.75) is 52.6 Å². The van der Waals surface area contributed by atoms with E-state index in [1.807, 2.05) is 13.8 Å². The highest BCUT2D eigenvalue weighted by atomic mass is 16.5. The lowest BCUT2D eigenvalue weighted by atomic mass is 9.99. The predicted octanol–water partition coefficient (Wildman–Crippen LogP) is 2.05. The molecule has 104 valence electrons. The first-order chi connectivity index (χ1) is 8.36. The molecule has 1 unspecified atom stereocenters. The number of ether oxygens (including phenoxy) is 1. The molecule has 0 saturated heterocycles. The number of rotatable bonds is 9. The highest BCUT2D eigenvalue weighted by molar-refractivity contribution is 6.18. The van der Waals surface area contributed by atoms with Crippen LogP contribution >= 0.6 is 0 Å². The number of hydrogen-bond acceptors (Lipinski definition) is 4. The van der Waals surface area contributed by atoms with Gasteiger partial charge in [0, 0.05) is 6.61 Å². The molecule has 18 heavy (non-hydrogen) atoms. The fourth-order valence-corrected chi connectivity index (χ4v) is 1.63. The highest BCUT2D eigenvalue weighted by Crippen LogP contribution is 2.19. The van der Waals surface area contributed by atoms with Gasteiger partial charge in [0.2, 0.25) is 0 Å². The Balaban J connectivity index is 4.29. The number of aliphatic hydroxyl groups is 1. The molecule has 0 amide bonds. The van der Waals surface area contributed by atoms with Crippen LogP contribution in [0.3, 0.4) is 0 Å². The monoisotopic (exact) mass is 256 g/mol. The summed E-state index contributed by atoms with van der Waals surface area (Å²) in [5.41, 5.74) is -0.103. The molecule has 0 aliphatic carbocycles. The number of carbonyl (C=O) groups excluding carboxylic acids is 2. The number of hydrogen-bond donors (Lipinski definition) is 1. The second-order valence-electron chi connectivity index (χ2n) is 4.64. The molecule has 4 heteroatoms. The summed E-state index contributed by atoms with van der Waals surface area (Å²) in [4.78, 5) is 22.3. The Morgan fingerprint density at radius 3 is 2.22 bits per heavy atom. The lowest BCUT2D eigenvalue weighted by molar-refractivity contribution is -0.119. The fraction of sp³-hybridized carbons (Fsp3) is 0.714. The van der Waals surface area contributed by atoms with E-state index >= 15 is 0 Å². The first kappa shape index (κ1) is 17.0. The molecule has 1 atom stereocenters. The van der Waals surface area contributed by atoms with Gasteiger partial charge >= 0.3 is 0 Å². The van der Waals surface area contributed by atoms with E-state index in [0.29, 0.717) is 19.4 Å². The second kappa shape index (κ2) is 8.16. The van der Waals surface area contributed by atoms with Crippen LogP contribution in [0.4, 0.5) is 0 Å². The minimum atomic E-state index is -0.338. The average Bonchev–Trinajstić information content (AvgIpc) is 2.28. The Morgan fingerprint density at radius 1 is 1.28 bits per heavy atom. The number of Topliss-reactive ketones (excluding diaryl/α,β-unsaturated/α-hetero) is 2. The summed E-state index contributed by atoms with van der Waals surface area (Å²) in [6, 6.07) is 0. The van der Waals surface area contributed by atoms with Crippen molar-refractivity contribution in [1.29, 1.82) is 0 Å². The molecule has 0 heterocycles. The molecule has 0 bridgehead atoms. The van der Waals surface area contributed by atoms with E-state index in [1.165, 1.54) is 13.8 Å². The van der Waals surface area contributed by atoms with Gasteiger partial charge in [-0.3, -0.25) is 9.59 Å². The van der Waals surface area contributed by atoms with Gasteiger partial charge in [-0.05, 0) is 40.0 Å². The van der Waals surface area contributed by atoms with Gasteiger partial charge in [0.05, 0.1) is 17.8 Å². The number of aliphatic hydroxyl groups excluding tert-OH is 1. The zero-order valence-electron chi connectivity index (χ0n) is 11.8. The first-order valence-corrected chi connectivity index (χ1v) is 6.33. The maximum atomic E-state index is 11.2. The Morgan fingerprint density at radius 2 is 1.83 bits per heavy atom. The molecule has 0 aliphatic heterocycles. The predicted molar refractivity (Wildman–Crippen MR) is 70.4 cm³/mol. The Kier molecular flexibility index (Phi) is 7.71. The maximum Gasteiger partial charge on any atom is 0.163 e. The van der Waals surface area contributed by atoms with Gasteiger partial charge in [-0.15, -0.1) is 0 Å². The number of carbonyl (C=O) groups is 2. The topological polar surface area (TPSA) is 63.6 Å². The van der Waals surface area contributed by atoms with Gasteiger partial charge in [0.25, 0.3) is 0 Å². The van der Waals surface area contributed by atoms with Gasteiger partial charge in [-0.25, -0.2) is 0 Å². The molecule has 0 aromatic rings. The molecule has 0 aromatic carbocycles. The summed E-state index contributed by atoms with van der Waals surface area (Å²) in [6.07, 6.45) is 3.54. The van der Waals surface area contributed by atoms with Crippen LogP contribution in [0.25, 0.3) is 0 Å². The van der Waals surface area contributed by atoms with E-state index in [2.05, 4.69) is 0 Å². The van der Waals surface area contributed by atoms with Crippen molar-refractivity contribution in [2.75, 3.05) is 13.2 Å². The summed E-state index contributed by atoms with van der Waals surface area (Å²) in [7, 11) is 0. The SMILES string of the molecule is CCC(C)(CCO)OCCC=C(C(C)=O)C(C)=O. The van der Waals surface area contributed by atoms with Crippen molar-refractivity contribution < 1.29 is 19.4 Å². The Bertz CT molecular complexity index is 304. The van der Waals surface area contributed by atoms with Crippen LogP contribution < -0.4 is 0 Å². The van der Waals surface area contributed by atoms with E-state index in [1.54, 1.807) is 6.08 Å². The van der Waals surface area contributed by atoms with Crippen molar-refractivity contribution in [3.05, 3.63) is 11.6 Å². The largest absolute Gasteiger partial charge is 0.396 e. The van der Waals surface area contributed by atoms with E-state index in [0.717, 1.165) is 6.42 Å². The van der Waals surface area contributed by atoms with E-state index in [4.69, 9.17) is 9.84 Å². The van der Waals surface area contributed by atoms with Crippen LogP contribution in [-0.4, -0.2) is 35.5 Å². The standard InChI is InChI=1S/C14H24O4/c1-5-14(4,8-9-15)18-10-6-7-13(11(2)16)12(3)17/h7,15H,5-6,8-10H2,1-4H3. The third-order valence-corrected chi connectivity index (χ3v) is 3.06. The van der Waals surface area contributed by atoms with Crippen LogP contribution in [-0.2, 0) is 14.3 Å². The molecule has 0 radical (unpaired) electrons. The van der Waals surface area contributed by atoms with Gasteiger partial charge in [0.15, 0.2) is 11.6 Å². The molecule has 0 aliphatic rings. The van der Waals surface area contributed by atoms with Crippen LogP contribution in [0, 0.1) is 0 Å². The molecule has 0 aromatic heterocycles. The molecular weight excluding hydrogens is 232 g/mol. The normalized spacial score (nSPS) is 13.8. The quantitative estimate of drug-likeness (QED) is 0.297. The third-order valence-electron chi connectivity index (χ3n) is 3.06. The lowest BCUT2D eigenvalue weighted by Crippen LogP contribution is -2.29. The summed E-state index contributed by atoms with van der Waals surface area (Å²) < 4.78 is 5.70. The maximum absolute atomic E-state index is 11.2. The average molecular weight is 256 g/mol. The van der Waals surface area contributed by atoms with Crippen molar-refractivity contribution in [1.82, 2.24) is 0 Å². The van der Waals surface area contributed by atoms with Gasteiger partial charge in [-0.2, -0.15) is 0 Å². The van der Waals surface area contributed by atoms with E-state index in [9.17, 15) is 9.59 Å². The van der Waals surface area contributed by atoms with Crippen molar-refractivity contribution in [2.24, 2.45) is 0 Å². The van der Waals surface area contributed by atoms with E-state index in [-0.39, 0.29) is 29.3 Å². The Labute approximate surface area is 109 Å². The molecule has 4 nitrogen and oxygen atoms in total. The molecule has 0 rings (SSSR count). The summed E-state index contributed by atoms with van der Waals surface area (Å²) in [5.74, 6) is -0.424. The molecule has 0 spiro atoms. The minimum Gasteiger partial charge on any atom is -0.396 e. The third kappa shape index (κ3) is 6.07. The highest BCUT2D eigenvalue weighted by Gasteiger charge is 2.21. The molecular formula is C14H24O4. The molecule has 1 N–H and O–H groups in total. The number of ketones is 2. The minimum absolute atomic E-state index is 0.0896. The van der Waals surface area contributed by atoms with E-state index < -0.39 is 0 Å². The van der Waals surface area contributed by atoms with Crippen LogP contribution in [0.1, 0.15) is 47.0 Å². The van der Waals surface area contributed by atoms with Gasteiger partial charge in [0.1, 0.15) is 0 Å². The zero-order chi connectivity index (χ0) is 14.2. The summed E-state index contributed by atoms with van der Waals surface area (Å²) >= 11 is 0. The Hall–Kier alpha value is -1.00. The first-order valence-electron chi connectivity index (χ1n) is 6.33. The van der Waals surface area contributed by atoms with Crippen LogP contribution in [0.2, 0.25) is 0 Å². The fourth-order valence-electron chi connectivity index (χ4n) is 1.63. The molecule has 0 fully saturated rings. The molecule has 0 saturated carbocycles. The van der Waals surface area contributed by atoms with Crippen LogP contribution in [0.5, 0.6) is 0 Å². The zero-order valence-corrected chi connectivity index (χ0v) is 11.8. The van der Waals surface area contributed by atoms with Crippen molar-refractivity contribution >= 4 is 11.6 Å². The number of allylic oxidation sites excluding steroid dienone is 1. The second-order valence-corrected chi connectivity index (χ2v) is 4.64. The van der Waals surface area contributed by atoms with Crippen LogP contribution in [0.15, 0.2) is 11.6 Å². The van der Waals surface area contributed by atoms with Crippen molar-refractivity contribution in [3.8, 4) is 0 Å². The van der Waals surface area contributed by atoms with Crippen molar-refractivity contribution in [3.63, 3.8) is 0 Å². The summed E-state index contributed by atoms with van der Waals surface area (Å²) in [5, 5.41) is 8.94. The van der Waals surface area contributed by atoms with Gasteiger partial charge < -0.3 is 9.84 Å². The smallest absolute Gasteiger partial charge is 0.163 e. The summed E-state index contributed by atoms with van der Waals surface area (Å²) in [6.45, 7) is 7.25. The lowest BCUT2D eigenvalue weighted by Gasteiger charge is -2.27.